The van der Waals surface area contributed by atoms with Crippen LogP contribution in [-0.4, -0.2) is 27.7 Å². The van der Waals surface area contributed by atoms with E-state index in [1.807, 2.05) is 13.8 Å². The molecule has 3 unspecified atom stereocenters. The number of allylic oxidation sites excluding steroid dienone is 1. The van der Waals surface area contributed by atoms with Crippen LogP contribution in [0.15, 0.2) is 11.6 Å². The molecule has 34 heavy (non-hydrogen) atoms. The second kappa shape index (κ2) is 8.17. The Hall–Kier alpha value is -0.670. The maximum atomic E-state index is 14.2. The molecule has 0 radical (unpaired) electrons. The molecule has 0 heterocycles. The van der Waals surface area contributed by atoms with Gasteiger partial charge in [0.25, 0.3) is 0 Å². The minimum Gasteiger partial charge on any atom is -0.392 e. The summed E-state index contributed by atoms with van der Waals surface area (Å²) in [6, 6.07) is 0. The van der Waals surface area contributed by atoms with Gasteiger partial charge in [-0.25, -0.2) is 0 Å². The van der Waals surface area contributed by atoms with Gasteiger partial charge in [0.15, 0.2) is 0 Å². The van der Waals surface area contributed by atoms with Crippen molar-refractivity contribution in [3.8, 4) is 0 Å². The zero-order valence-corrected chi connectivity index (χ0v) is 23.5. The number of carbonyl (C=O) groups is 1. The fraction of sp³-hybridized carbons (Fsp3) is 0.903. The standard InChI is InChI=1S/C31H52O3/c1-19(10-11-20(2)28(5,6)34)21-16-17-29(7)24-14-12-22-23(13-15-25(32)27(22,3)4)31(24,9)26(33)18-30(21,29)8/h12,19-21,23-25,32,34H,10-11,13-18H2,1-9H3/t19-,20-,21?,23?,24?,25+,29+,30-,31+/m1/s1. The van der Waals surface area contributed by atoms with Crippen molar-refractivity contribution in [3.63, 3.8) is 0 Å². The van der Waals surface area contributed by atoms with Gasteiger partial charge in [-0.2, -0.15) is 0 Å². The van der Waals surface area contributed by atoms with Crippen LogP contribution in [0.4, 0.5) is 0 Å². The van der Waals surface area contributed by atoms with E-state index < -0.39 is 5.60 Å². The molecule has 0 aromatic rings. The van der Waals surface area contributed by atoms with E-state index in [0.29, 0.717) is 30.0 Å². The third-order valence-corrected chi connectivity index (χ3v) is 12.6. The molecular weight excluding hydrogens is 420 g/mol. The van der Waals surface area contributed by atoms with Crippen LogP contribution >= 0.6 is 0 Å². The maximum absolute atomic E-state index is 14.2. The van der Waals surface area contributed by atoms with E-state index in [4.69, 9.17) is 0 Å². The SMILES string of the molecule is C[C@H](CC[C@@H](C)C(C)(C)O)C1CC[C@@]2(C)C3CC=C4C(CC[C@H](O)C4(C)C)[C@]3(C)C(=O)C[C@]12C. The van der Waals surface area contributed by atoms with Crippen LogP contribution in [0.1, 0.15) is 114 Å². The summed E-state index contributed by atoms with van der Waals surface area (Å²) in [6.45, 7) is 20.1. The molecule has 3 heteroatoms. The number of fused-ring (bicyclic) bond motifs is 5. The lowest BCUT2D eigenvalue weighted by atomic mass is 9.38. The van der Waals surface area contributed by atoms with E-state index in [1.165, 1.54) is 18.4 Å². The monoisotopic (exact) mass is 472 g/mol. The highest BCUT2D eigenvalue weighted by molar-refractivity contribution is 5.88. The summed E-state index contributed by atoms with van der Waals surface area (Å²) in [5.74, 6) is 2.56. The van der Waals surface area contributed by atoms with Crippen LogP contribution in [0.3, 0.4) is 0 Å². The predicted molar refractivity (Wildman–Crippen MR) is 139 cm³/mol. The van der Waals surface area contributed by atoms with Crippen molar-refractivity contribution in [2.45, 2.75) is 125 Å². The van der Waals surface area contributed by atoms with E-state index >= 15 is 0 Å². The van der Waals surface area contributed by atoms with Crippen LogP contribution < -0.4 is 0 Å². The van der Waals surface area contributed by atoms with Gasteiger partial charge < -0.3 is 10.2 Å². The first-order chi connectivity index (χ1) is 15.5. The molecule has 3 saturated carbocycles. The van der Waals surface area contributed by atoms with Gasteiger partial charge in [0.05, 0.1) is 11.7 Å². The molecule has 4 rings (SSSR count). The fourth-order valence-corrected chi connectivity index (χ4v) is 9.45. The van der Waals surface area contributed by atoms with Gasteiger partial charge >= 0.3 is 0 Å². The molecule has 3 nitrogen and oxygen atoms in total. The first kappa shape index (κ1) is 26.4. The molecule has 0 spiro atoms. The van der Waals surface area contributed by atoms with E-state index in [0.717, 1.165) is 32.1 Å². The molecule has 0 aromatic heterocycles. The van der Waals surface area contributed by atoms with Gasteiger partial charge in [0, 0.05) is 17.3 Å². The summed E-state index contributed by atoms with van der Waals surface area (Å²) in [5.41, 5.74) is 0.393. The summed E-state index contributed by atoms with van der Waals surface area (Å²) < 4.78 is 0. The zero-order chi connectivity index (χ0) is 25.5. The second-order valence-corrected chi connectivity index (χ2v) is 14.8. The average Bonchev–Trinajstić information content (AvgIpc) is 2.99. The molecule has 0 saturated heterocycles. The molecule has 0 aromatic carbocycles. The third-order valence-electron chi connectivity index (χ3n) is 12.6. The third kappa shape index (κ3) is 3.53. The number of rotatable bonds is 5. The Morgan fingerprint density at radius 1 is 1.03 bits per heavy atom. The highest BCUT2D eigenvalue weighted by atomic mass is 16.3. The molecule has 0 bridgehead atoms. The molecule has 194 valence electrons. The van der Waals surface area contributed by atoms with Crippen LogP contribution in [0, 0.1) is 51.2 Å². The van der Waals surface area contributed by atoms with E-state index in [2.05, 4.69) is 54.5 Å². The van der Waals surface area contributed by atoms with E-state index in [9.17, 15) is 15.0 Å². The van der Waals surface area contributed by atoms with Crippen molar-refractivity contribution < 1.29 is 15.0 Å². The Kier molecular flexibility index (Phi) is 6.34. The van der Waals surface area contributed by atoms with Crippen molar-refractivity contribution in [2.24, 2.45) is 51.2 Å². The molecule has 4 aliphatic carbocycles. The highest BCUT2D eigenvalue weighted by Gasteiger charge is 2.70. The van der Waals surface area contributed by atoms with Crippen molar-refractivity contribution in [1.82, 2.24) is 0 Å². The predicted octanol–water partition coefficient (Wildman–Crippen LogP) is 6.95. The van der Waals surface area contributed by atoms with Crippen LogP contribution in [0.5, 0.6) is 0 Å². The molecular formula is C31H52O3. The number of aliphatic hydroxyl groups is 2. The molecule has 0 aliphatic heterocycles. The number of hydrogen-bond donors (Lipinski definition) is 2. The van der Waals surface area contributed by atoms with Gasteiger partial charge in [-0.1, -0.05) is 66.5 Å². The average molecular weight is 473 g/mol. The lowest BCUT2D eigenvalue weighted by Gasteiger charge is -2.64. The fourth-order valence-electron chi connectivity index (χ4n) is 9.45. The molecule has 0 amide bonds. The van der Waals surface area contributed by atoms with Gasteiger partial charge in [-0.05, 0) is 92.8 Å². The topological polar surface area (TPSA) is 57.5 Å². The lowest BCUT2D eigenvalue weighted by Crippen LogP contribution is -2.63. The number of aliphatic hydroxyl groups excluding tert-OH is 1. The number of ketones is 1. The highest BCUT2D eigenvalue weighted by Crippen LogP contribution is 2.74. The molecule has 9 atom stereocenters. The second-order valence-electron chi connectivity index (χ2n) is 14.8. The quantitative estimate of drug-likeness (QED) is 0.425. The minimum atomic E-state index is -0.635. The van der Waals surface area contributed by atoms with Crippen molar-refractivity contribution >= 4 is 5.78 Å². The molecule has 2 N–H and O–H groups in total. The Morgan fingerprint density at radius 2 is 1.68 bits per heavy atom. The maximum Gasteiger partial charge on any atom is 0.140 e. The summed E-state index contributed by atoms with van der Waals surface area (Å²) in [4.78, 5) is 14.2. The summed E-state index contributed by atoms with van der Waals surface area (Å²) in [5, 5.41) is 21.2. The smallest absolute Gasteiger partial charge is 0.140 e. The van der Waals surface area contributed by atoms with Gasteiger partial charge in [-0.3, -0.25) is 4.79 Å². The number of carbonyl (C=O) groups excluding carboxylic acids is 1. The summed E-state index contributed by atoms with van der Waals surface area (Å²) in [7, 11) is 0. The van der Waals surface area contributed by atoms with Crippen LogP contribution in [0.2, 0.25) is 0 Å². The summed E-state index contributed by atoms with van der Waals surface area (Å²) in [6.07, 6.45) is 10.2. The van der Waals surface area contributed by atoms with Gasteiger partial charge in [0.2, 0.25) is 0 Å². The first-order valence-corrected chi connectivity index (χ1v) is 14.2. The van der Waals surface area contributed by atoms with Crippen LogP contribution in [0.25, 0.3) is 0 Å². The number of Topliss-reactive ketones (excluding diaryl/α,β-unsaturated/α-hetero) is 1. The van der Waals surface area contributed by atoms with Gasteiger partial charge in [0.1, 0.15) is 5.78 Å². The van der Waals surface area contributed by atoms with Crippen molar-refractivity contribution in [2.75, 3.05) is 0 Å². The van der Waals surface area contributed by atoms with Crippen molar-refractivity contribution in [1.29, 1.82) is 0 Å². The largest absolute Gasteiger partial charge is 0.392 e. The Balaban J connectivity index is 1.64. The van der Waals surface area contributed by atoms with Gasteiger partial charge in [-0.15, -0.1) is 0 Å². The lowest BCUT2D eigenvalue weighted by molar-refractivity contribution is -0.172. The minimum absolute atomic E-state index is 0.0424. The van der Waals surface area contributed by atoms with Crippen LogP contribution in [-0.2, 0) is 4.79 Å². The Labute approximate surface area is 209 Å². The van der Waals surface area contributed by atoms with E-state index in [-0.39, 0.29) is 39.6 Å². The number of hydrogen-bond acceptors (Lipinski definition) is 3. The first-order valence-electron chi connectivity index (χ1n) is 14.2. The van der Waals surface area contributed by atoms with E-state index in [1.54, 1.807) is 0 Å². The Morgan fingerprint density at radius 3 is 2.29 bits per heavy atom. The molecule has 4 aliphatic rings. The summed E-state index contributed by atoms with van der Waals surface area (Å²) >= 11 is 0. The molecule has 3 fully saturated rings. The van der Waals surface area contributed by atoms with Crippen molar-refractivity contribution in [3.05, 3.63) is 11.6 Å². The Bertz CT molecular complexity index is 849. The zero-order valence-electron chi connectivity index (χ0n) is 23.5. The normalized spacial score (nSPS) is 45.6.